The number of hydrogen-bond donors (Lipinski definition) is 1. The van der Waals surface area contributed by atoms with Gasteiger partial charge in [-0.3, -0.25) is 14.0 Å². The summed E-state index contributed by atoms with van der Waals surface area (Å²) in [4.78, 5) is 26.2. The maximum atomic E-state index is 12.9. The Morgan fingerprint density at radius 3 is 2.69 bits per heavy atom. The van der Waals surface area contributed by atoms with Crippen LogP contribution in [0.1, 0.15) is 39.2 Å². The van der Waals surface area contributed by atoms with Crippen molar-refractivity contribution in [1.82, 2.24) is 24.5 Å². The lowest BCUT2D eigenvalue weighted by Crippen LogP contribution is -2.17. The molecule has 4 heterocycles. The van der Waals surface area contributed by atoms with Crippen molar-refractivity contribution in [2.45, 2.75) is 39.4 Å². The highest BCUT2D eigenvalue weighted by atomic mass is 35.5. The van der Waals surface area contributed by atoms with Gasteiger partial charge in [-0.2, -0.15) is 5.10 Å². The summed E-state index contributed by atoms with van der Waals surface area (Å²) in [5.41, 5.74) is 2.48. The molecule has 13 heteroatoms. The van der Waals surface area contributed by atoms with Gasteiger partial charge >= 0.3 is 5.97 Å². The van der Waals surface area contributed by atoms with E-state index in [1.165, 1.54) is 23.1 Å². The van der Waals surface area contributed by atoms with Gasteiger partial charge in [-0.05, 0) is 45.4 Å². The second kappa shape index (κ2) is 10.9. The number of thiophene rings is 1. The van der Waals surface area contributed by atoms with E-state index in [4.69, 9.17) is 20.8 Å². The van der Waals surface area contributed by atoms with Crippen molar-refractivity contribution < 1.29 is 18.7 Å². The molecule has 10 nitrogen and oxygen atoms in total. The van der Waals surface area contributed by atoms with Crippen LogP contribution in [0.5, 0.6) is 0 Å². The lowest BCUT2D eigenvalue weighted by atomic mass is 10.1. The molecule has 190 valence electrons. The number of carbonyl (C=O) groups excluding carboxylic acids is 2. The Bertz CT molecular complexity index is 1410. The molecule has 0 spiro atoms. The van der Waals surface area contributed by atoms with Crippen molar-refractivity contribution in [3.8, 4) is 11.5 Å². The summed E-state index contributed by atoms with van der Waals surface area (Å²) in [6.45, 7) is 7.90. The fraction of sp³-hybridized carbons (Fsp3) is 0.348. The highest BCUT2D eigenvalue weighted by Crippen LogP contribution is 2.34. The molecular weight excluding hydrogens is 524 g/mol. The Morgan fingerprint density at radius 1 is 1.28 bits per heavy atom. The molecule has 0 aliphatic heterocycles. The molecule has 36 heavy (non-hydrogen) atoms. The molecule has 0 radical (unpaired) electrons. The van der Waals surface area contributed by atoms with Gasteiger partial charge in [-0.25, -0.2) is 4.79 Å². The van der Waals surface area contributed by atoms with Gasteiger partial charge in [0, 0.05) is 11.9 Å². The Balaban J connectivity index is 1.57. The number of nitrogens with one attached hydrogen (secondary N) is 1. The van der Waals surface area contributed by atoms with Crippen LogP contribution in [-0.2, 0) is 23.1 Å². The smallest absolute Gasteiger partial charge is 0.341 e. The molecule has 0 atom stereocenters. The number of amides is 1. The third-order valence-electron chi connectivity index (χ3n) is 5.42. The number of ether oxygens (including phenoxy) is 1. The number of rotatable bonds is 9. The van der Waals surface area contributed by atoms with Gasteiger partial charge in [0.1, 0.15) is 16.5 Å². The first-order valence-corrected chi connectivity index (χ1v) is 13.2. The first-order valence-electron chi connectivity index (χ1n) is 11.1. The van der Waals surface area contributed by atoms with Gasteiger partial charge in [0.2, 0.25) is 5.91 Å². The lowest BCUT2D eigenvalue weighted by molar-refractivity contribution is -0.113. The zero-order valence-electron chi connectivity index (χ0n) is 20.4. The van der Waals surface area contributed by atoms with Crippen LogP contribution in [0.4, 0.5) is 5.00 Å². The number of furan rings is 1. The summed E-state index contributed by atoms with van der Waals surface area (Å²) in [5.74, 6) is 0.522. The van der Waals surface area contributed by atoms with Gasteiger partial charge in [0.15, 0.2) is 11.0 Å². The largest absolute Gasteiger partial charge is 0.467 e. The number of thioether (sulfide) groups is 1. The Hall–Kier alpha value is -3.09. The van der Waals surface area contributed by atoms with E-state index >= 15 is 0 Å². The number of nitrogens with zero attached hydrogens (tertiary/aromatic N) is 5. The van der Waals surface area contributed by atoms with Crippen LogP contribution in [0, 0.1) is 20.8 Å². The van der Waals surface area contributed by atoms with Crippen LogP contribution >= 0.6 is 34.7 Å². The van der Waals surface area contributed by atoms with Crippen LogP contribution in [-0.4, -0.2) is 48.8 Å². The Morgan fingerprint density at radius 2 is 2.06 bits per heavy atom. The van der Waals surface area contributed by atoms with Gasteiger partial charge in [0.25, 0.3) is 0 Å². The molecule has 0 aliphatic carbocycles. The summed E-state index contributed by atoms with van der Waals surface area (Å²) < 4.78 is 14.2. The molecule has 0 aromatic carbocycles. The predicted octanol–water partition coefficient (Wildman–Crippen LogP) is 4.87. The van der Waals surface area contributed by atoms with Crippen molar-refractivity contribution >= 4 is 51.6 Å². The molecule has 1 amide bonds. The van der Waals surface area contributed by atoms with Crippen molar-refractivity contribution in [2.24, 2.45) is 7.05 Å². The van der Waals surface area contributed by atoms with Gasteiger partial charge < -0.3 is 14.5 Å². The minimum Gasteiger partial charge on any atom is -0.467 e. The van der Waals surface area contributed by atoms with Gasteiger partial charge in [0.05, 0.1) is 41.4 Å². The molecule has 0 unspecified atom stereocenters. The van der Waals surface area contributed by atoms with E-state index in [0.29, 0.717) is 50.3 Å². The number of aryl methyl sites for hydroxylation is 3. The predicted molar refractivity (Wildman–Crippen MR) is 139 cm³/mol. The average molecular weight is 549 g/mol. The quantitative estimate of drug-likeness (QED) is 0.232. The number of anilines is 1. The summed E-state index contributed by atoms with van der Waals surface area (Å²) in [6, 6.07) is 3.65. The lowest BCUT2D eigenvalue weighted by Gasteiger charge is -2.10. The van der Waals surface area contributed by atoms with Crippen LogP contribution in [0.2, 0.25) is 5.02 Å². The second-order valence-electron chi connectivity index (χ2n) is 7.89. The maximum Gasteiger partial charge on any atom is 0.341 e. The van der Waals surface area contributed by atoms with E-state index in [1.54, 1.807) is 31.0 Å². The van der Waals surface area contributed by atoms with Crippen LogP contribution < -0.4 is 5.32 Å². The monoisotopic (exact) mass is 548 g/mol. The molecule has 0 bridgehead atoms. The first-order chi connectivity index (χ1) is 17.2. The van der Waals surface area contributed by atoms with Gasteiger partial charge in [-0.15, -0.1) is 21.5 Å². The summed E-state index contributed by atoms with van der Waals surface area (Å²) in [7, 11) is 1.78. The van der Waals surface area contributed by atoms with Crippen LogP contribution in [0.3, 0.4) is 0 Å². The summed E-state index contributed by atoms with van der Waals surface area (Å²) >= 11 is 9.07. The minimum absolute atomic E-state index is 0.0483. The van der Waals surface area contributed by atoms with Crippen LogP contribution in [0.15, 0.2) is 28.0 Å². The van der Waals surface area contributed by atoms with Crippen molar-refractivity contribution in [2.75, 3.05) is 17.7 Å². The second-order valence-corrected chi connectivity index (χ2v) is 10.4. The fourth-order valence-electron chi connectivity index (χ4n) is 3.60. The number of hydrogen-bond acceptors (Lipinski definition) is 9. The SMILES string of the molecule is CCOC(=O)c1c(NC(=O)CSc2nnc(-c3c(Cl)c(C)nn3C)n2Cc2ccco2)sc(C)c1C. The average Bonchev–Trinajstić information content (AvgIpc) is 3.58. The zero-order chi connectivity index (χ0) is 26.0. The molecular formula is C23H25ClN6O4S2. The third-order valence-corrected chi connectivity index (χ3v) is 7.96. The normalized spacial score (nSPS) is 11.2. The summed E-state index contributed by atoms with van der Waals surface area (Å²) in [5, 5.41) is 17.4. The Kier molecular flexibility index (Phi) is 7.86. The first kappa shape index (κ1) is 26.0. The minimum atomic E-state index is -0.450. The number of aromatic nitrogens is 5. The molecule has 0 fully saturated rings. The summed E-state index contributed by atoms with van der Waals surface area (Å²) in [6.07, 6.45) is 1.59. The molecule has 0 saturated heterocycles. The molecule has 0 aliphatic rings. The molecule has 4 aromatic rings. The highest BCUT2D eigenvalue weighted by molar-refractivity contribution is 7.99. The molecule has 1 N–H and O–H groups in total. The molecule has 4 aromatic heterocycles. The van der Waals surface area contributed by atoms with E-state index in [0.717, 1.165) is 10.4 Å². The van der Waals surface area contributed by atoms with Crippen molar-refractivity contribution in [3.05, 3.63) is 50.9 Å². The topological polar surface area (TPSA) is 117 Å². The van der Waals surface area contributed by atoms with Gasteiger partial charge in [-0.1, -0.05) is 23.4 Å². The maximum absolute atomic E-state index is 12.9. The van der Waals surface area contributed by atoms with E-state index in [2.05, 4.69) is 20.6 Å². The molecule has 4 rings (SSSR count). The number of halogens is 1. The number of esters is 1. The highest BCUT2D eigenvalue weighted by Gasteiger charge is 2.25. The van der Waals surface area contributed by atoms with Crippen molar-refractivity contribution in [3.63, 3.8) is 0 Å². The zero-order valence-corrected chi connectivity index (χ0v) is 22.8. The molecule has 0 saturated carbocycles. The van der Waals surface area contributed by atoms with E-state index in [1.807, 2.05) is 31.4 Å². The van der Waals surface area contributed by atoms with Crippen LogP contribution in [0.25, 0.3) is 11.5 Å². The standard InChI is InChI=1S/C23H25ClN6O4S2/c1-6-33-22(32)17-12(2)14(4)36-21(17)25-16(31)11-35-23-27-26-20(19-18(24)13(3)28-29(19)5)30(23)10-15-8-7-9-34-15/h7-9H,6,10-11H2,1-5H3,(H,25,31). The number of carbonyl (C=O) groups is 2. The van der Waals surface area contributed by atoms with E-state index in [9.17, 15) is 9.59 Å². The Labute approximate surface area is 221 Å². The van der Waals surface area contributed by atoms with E-state index < -0.39 is 5.97 Å². The third kappa shape index (κ3) is 5.20. The van der Waals surface area contributed by atoms with E-state index in [-0.39, 0.29) is 18.3 Å². The van der Waals surface area contributed by atoms with Crippen molar-refractivity contribution in [1.29, 1.82) is 0 Å². The fourth-order valence-corrected chi connectivity index (χ4v) is 5.65.